The molecule has 0 aliphatic carbocycles. The molecule has 0 spiro atoms. The third-order valence-corrected chi connectivity index (χ3v) is 3.77. The van der Waals surface area contributed by atoms with Crippen molar-refractivity contribution >= 4 is 46.7 Å². The van der Waals surface area contributed by atoms with Crippen LogP contribution in [0.1, 0.15) is 31.1 Å². The Morgan fingerprint density at radius 1 is 0.880 bits per heavy atom. The number of halogens is 2. The summed E-state index contributed by atoms with van der Waals surface area (Å²) in [6, 6.07) is 8.49. The van der Waals surface area contributed by atoms with E-state index in [1.807, 2.05) is 0 Å². The van der Waals surface area contributed by atoms with Crippen molar-refractivity contribution in [3.8, 4) is 0 Å². The molecule has 6 nitrogen and oxygen atoms in total. The van der Waals surface area contributed by atoms with Crippen molar-refractivity contribution in [2.75, 3.05) is 19.5 Å². The SMILES string of the molecule is COC(=O)c1cc(NC(=O)c2cc(Cl)ccc2Cl)cc(C(=O)OC)c1. The van der Waals surface area contributed by atoms with Gasteiger partial charge in [0.15, 0.2) is 0 Å². The molecule has 0 aliphatic heterocycles. The molecule has 1 amide bonds. The Kier molecular flexibility index (Phi) is 6.01. The first kappa shape index (κ1) is 18.8. The normalized spacial score (nSPS) is 10.1. The van der Waals surface area contributed by atoms with Gasteiger partial charge in [0.05, 0.1) is 35.9 Å². The number of hydrogen-bond acceptors (Lipinski definition) is 5. The number of carbonyl (C=O) groups is 3. The number of amides is 1. The molecule has 0 bridgehead atoms. The average Bonchev–Trinajstić information content (AvgIpc) is 2.61. The predicted octanol–water partition coefficient (Wildman–Crippen LogP) is 3.82. The lowest BCUT2D eigenvalue weighted by molar-refractivity contribution is 0.0599. The van der Waals surface area contributed by atoms with E-state index in [0.29, 0.717) is 5.02 Å². The fraction of sp³-hybridized carbons (Fsp3) is 0.118. The predicted molar refractivity (Wildman–Crippen MR) is 93.5 cm³/mol. The lowest BCUT2D eigenvalue weighted by Gasteiger charge is -2.10. The number of carbonyl (C=O) groups excluding carboxylic acids is 3. The number of ether oxygens (including phenoxy) is 2. The van der Waals surface area contributed by atoms with Crippen LogP contribution in [-0.2, 0) is 9.47 Å². The Morgan fingerprint density at radius 3 is 1.96 bits per heavy atom. The minimum absolute atomic E-state index is 0.0814. The molecule has 0 atom stereocenters. The molecule has 0 unspecified atom stereocenters. The maximum atomic E-state index is 12.4. The van der Waals surface area contributed by atoms with E-state index in [9.17, 15) is 14.4 Å². The van der Waals surface area contributed by atoms with E-state index >= 15 is 0 Å². The van der Waals surface area contributed by atoms with E-state index in [0.717, 1.165) is 0 Å². The summed E-state index contributed by atoms with van der Waals surface area (Å²) in [6.07, 6.45) is 0. The highest BCUT2D eigenvalue weighted by atomic mass is 35.5. The summed E-state index contributed by atoms with van der Waals surface area (Å²) in [7, 11) is 2.41. The second kappa shape index (κ2) is 8.00. The summed E-state index contributed by atoms with van der Waals surface area (Å²) in [5.41, 5.74) is 0.511. The number of benzene rings is 2. The molecular formula is C17H13Cl2NO5. The van der Waals surface area contributed by atoms with E-state index in [4.69, 9.17) is 23.2 Å². The van der Waals surface area contributed by atoms with E-state index < -0.39 is 17.8 Å². The van der Waals surface area contributed by atoms with Gasteiger partial charge in [0.1, 0.15) is 0 Å². The smallest absolute Gasteiger partial charge is 0.337 e. The van der Waals surface area contributed by atoms with Crippen molar-refractivity contribution in [3.05, 3.63) is 63.1 Å². The first-order valence-corrected chi connectivity index (χ1v) is 7.69. The number of nitrogens with one attached hydrogen (secondary N) is 1. The zero-order valence-electron chi connectivity index (χ0n) is 13.3. The molecule has 1 N–H and O–H groups in total. The molecule has 2 aromatic rings. The van der Waals surface area contributed by atoms with Crippen LogP contribution in [-0.4, -0.2) is 32.1 Å². The topological polar surface area (TPSA) is 81.7 Å². The Hall–Kier alpha value is -2.57. The standard InChI is InChI=1S/C17H13Cl2NO5/c1-24-16(22)9-5-10(17(23)25-2)7-12(6-9)20-15(21)13-8-11(18)3-4-14(13)19/h3-8H,1-2H3,(H,20,21). The second-order valence-corrected chi connectivity index (χ2v) is 5.70. The fourth-order valence-corrected chi connectivity index (χ4v) is 2.42. The monoisotopic (exact) mass is 381 g/mol. The van der Waals surface area contributed by atoms with Crippen molar-refractivity contribution in [1.82, 2.24) is 0 Å². The third kappa shape index (κ3) is 4.49. The van der Waals surface area contributed by atoms with Crippen LogP contribution in [0.4, 0.5) is 5.69 Å². The summed E-state index contributed by atoms with van der Waals surface area (Å²) in [6.45, 7) is 0. The van der Waals surface area contributed by atoms with Crippen LogP contribution in [0.5, 0.6) is 0 Å². The van der Waals surface area contributed by atoms with E-state index in [1.54, 1.807) is 6.07 Å². The molecule has 2 rings (SSSR count). The van der Waals surface area contributed by atoms with Crippen LogP contribution in [0.25, 0.3) is 0 Å². The van der Waals surface area contributed by atoms with Gasteiger partial charge in [0, 0.05) is 10.7 Å². The van der Waals surface area contributed by atoms with Crippen molar-refractivity contribution in [2.24, 2.45) is 0 Å². The number of esters is 2. The zero-order chi connectivity index (χ0) is 18.6. The van der Waals surface area contributed by atoms with Crippen LogP contribution in [0, 0.1) is 0 Å². The largest absolute Gasteiger partial charge is 0.465 e. The maximum Gasteiger partial charge on any atom is 0.337 e. The summed E-state index contributed by atoms with van der Waals surface area (Å²) in [5, 5.41) is 3.12. The number of methoxy groups -OCH3 is 2. The molecule has 2 aromatic carbocycles. The summed E-state index contributed by atoms with van der Waals surface area (Å²) in [5.74, 6) is -1.88. The highest BCUT2D eigenvalue weighted by molar-refractivity contribution is 6.36. The zero-order valence-corrected chi connectivity index (χ0v) is 14.8. The molecule has 0 radical (unpaired) electrons. The van der Waals surface area contributed by atoms with Crippen LogP contribution in [0.2, 0.25) is 10.0 Å². The van der Waals surface area contributed by atoms with Crippen molar-refractivity contribution in [3.63, 3.8) is 0 Å². The molecule has 25 heavy (non-hydrogen) atoms. The van der Waals surface area contributed by atoms with Gasteiger partial charge in [-0.15, -0.1) is 0 Å². The summed E-state index contributed by atoms with van der Waals surface area (Å²) >= 11 is 11.9. The van der Waals surface area contributed by atoms with Crippen LogP contribution >= 0.6 is 23.2 Å². The average molecular weight is 382 g/mol. The van der Waals surface area contributed by atoms with Gasteiger partial charge in [-0.2, -0.15) is 0 Å². The second-order valence-electron chi connectivity index (χ2n) is 4.86. The van der Waals surface area contributed by atoms with Gasteiger partial charge in [-0.3, -0.25) is 4.79 Å². The molecular weight excluding hydrogens is 369 g/mol. The van der Waals surface area contributed by atoms with Crippen LogP contribution in [0.3, 0.4) is 0 Å². The summed E-state index contributed by atoms with van der Waals surface area (Å²) in [4.78, 5) is 35.9. The molecule has 0 heterocycles. The van der Waals surface area contributed by atoms with Crippen molar-refractivity contribution in [1.29, 1.82) is 0 Å². The molecule has 0 saturated heterocycles. The lowest BCUT2D eigenvalue weighted by atomic mass is 10.1. The quantitative estimate of drug-likeness (QED) is 0.814. The number of anilines is 1. The van der Waals surface area contributed by atoms with Gasteiger partial charge in [-0.1, -0.05) is 23.2 Å². The maximum absolute atomic E-state index is 12.4. The highest BCUT2D eigenvalue weighted by Gasteiger charge is 2.17. The van der Waals surface area contributed by atoms with Gasteiger partial charge in [-0.05, 0) is 36.4 Å². The molecule has 0 saturated carbocycles. The Bertz CT molecular complexity index is 817. The molecule has 8 heteroatoms. The van der Waals surface area contributed by atoms with Crippen molar-refractivity contribution < 1.29 is 23.9 Å². The first-order valence-electron chi connectivity index (χ1n) is 6.94. The van der Waals surface area contributed by atoms with Crippen LogP contribution < -0.4 is 5.32 Å². The molecule has 0 aliphatic rings. The molecule has 0 aromatic heterocycles. The lowest BCUT2D eigenvalue weighted by Crippen LogP contribution is -2.14. The Balaban J connectivity index is 2.40. The van der Waals surface area contributed by atoms with Gasteiger partial charge in [0.25, 0.3) is 5.91 Å². The van der Waals surface area contributed by atoms with Gasteiger partial charge < -0.3 is 14.8 Å². The summed E-state index contributed by atoms with van der Waals surface area (Å²) < 4.78 is 9.28. The minimum Gasteiger partial charge on any atom is -0.465 e. The van der Waals surface area contributed by atoms with Gasteiger partial charge in [-0.25, -0.2) is 9.59 Å². The van der Waals surface area contributed by atoms with Crippen LogP contribution in [0.15, 0.2) is 36.4 Å². The number of rotatable bonds is 4. The molecule has 130 valence electrons. The first-order chi connectivity index (χ1) is 11.8. The van der Waals surface area contributed by atoms with E-state index in [1.165, 1.54) is 44.6 Å². The van der Waals surface area contributed by atoms with Crippen molar-refractivity contribution in [2.45, 2.75) is 0 Å². The molecule has 0 fully saturated rings. The Labute approximate surface area is 153 Å². The number of hydrogen-bond donors (Lipinski definition) is 1. The minimum atomic E-state index is -0.665. The Morgan fingerprint density at radius 2 is 1.44 bits per heavy atom. The van der Waals surface area contributed by atoms with E-state index in [-0.39, 0.29) is 27.4 Å². The third-order valence-electron chi connectivity index (χ3n) is 3.21. The fourth-order valence-electron chi connectivity index (χ4n) is 2.04. The highest BCUT2D eigenvalue weighted by Crippen LogP contribution is 2.23. The van der Waals surface area contributed by atoms with Gasteiger partial charge >= 0.3 is 11.9 Å². The van der Waals surface area contributed by atoms with E-state index in [2.05, 4.69) is 14.8 Å². The van der Waals surface area contributed by atoms with Gasteiger partial charge in [0.2, 0.25) is 0 Å².